The van der Waals surface area contributed by atoms with Crippen molar-refractivity contribution >= 4 is 23.6 Å². The van der Waals surface area contributed by atoms with E-state index in [0.29, 0.717) is 12.8 Å². The van der Waals surface area contributed by atoms with E-state index >= 15 is 0 Å². The molecule has 0 saturated heterocycles. The molecule has 0 aliphatic rings. The zero-order valence-corrected chi connectivity index (χ0v) is 9.39. The van der Waals surface area contributed by atoms with E-state index in [-0.39, 0.29) is 5.91 Å². The Morgan fingerprint density at radius 3 is 2.57 bits per heavy atom. The van der Waals surface area contributed by atoms with Gasteiger partial charge in [0.15, 0.2) is 0 Å². The minimum Gasteiger partial charge on any atom is -0.480 e. The first kappa shape index (κ1) is 13.3. The number of thioether (sulfide) groups is 1. The predicted molar refractivity (Wildman–Crippen MR) is 57.5 cm³/mol. The van der Waals surface area contributed by atoms with Crippen LogP contribution in [0.15, 0.2) is 0 Å². The second-order valence-corrected chi connectivity index (χ2v) is 3.98. The number of hydrogen-bond acceptors (Lipinski definition) is 3. The Kier molecular flexibility index (Phi) is 7.28. The number of carbonyl (C=O) groups excluding carboxylic acids is 1. The van der Waals surface area contributed by atoms with Crippen LogP contribution in [-0.4, -0.2) is 35.0 Å². The van der Waals surface area contributed by atoms with Gasteiger partial charge in [0.05, 0.1) is 0 Å². The lowest BCUT2D eigenvalue weighted by atomic mass is 10.2. The van der Waals surface area contributed by atoms with Crippen molar-refractivity contribution in [3.8, 4) is 0 Å². The fourth-order valence-electron chi connectivity index (χ4n) is 0.987. The van der Waals surface area contributed by atoms with Gasteiger partial charge in [0.2, 0.25) is 5.91 Å². The zero-order chi connectivity index (χ0) is 11.0. The maximum Gasteiger partial charge on any atom is 0.326 e. The number of rotatable bonds is 7. The van der Waals surface area contributed by atoms with Crippen molar-refractivity contribution in [2.75, 3.05) is 12.0 Å². The van der Waals surface area contributed by atoms with Crippen LogP contribution in [0.3, 0.4) is 0 Å². The van der Waals surface area contributed by atoms with E-state index < -0.39 is 12.0 Å². The van der Waals surface area contributed by atoms with Gasteiger partial charge >= 0.3 is 5.97 Å². The first-order chi connectivity index (χ1) is 6.61. The molecule has 82 valence electrons. The maximum absolute atomic E-state index is 11.1. The van der Waals surface area contributed by atoms with Gasteiger partial charge in [0.25, 0.3) is 0 Å². The second-order valence-electron chi connectivity index (χ2n) is 2.99. The van der Waals surface area contributed by atoms with E-state index in [0.717, 1.165) is 12.2 Å². The Labute approximate surface area is 88.4 Å². The monoisotopic (exact) mass is 219 g/mol. The van der Waals surface area contributed by atoms with E-state index in [1.807, 2.05) is 13.2 Å². The number of carbonyl (C=O) groups is 2. The average Bonchev–Trinajstić information content (AvgIpc) is 2.12. The van der Waals surface area contributed by atoms with E-state index in [4.69, 9.17) is 5.11 Å². The molecule has 0 rings (SSSR count). The van der Waals surface area contributed by atoms with Crippen molar-refractivity contribution in [3.05, 3.63) is 0 Å². The average molecular weight is 219 g/mol. The number of nitrogens with one attached hydrogen (secondary N) is 1. The zero-order valence-electron chi connectivity index (χ0n) is 8.58. The molecule has 2 N–H and O–H groups in total. The summed E-state index contributed by atoms with van der Waals surface area (Å²) >= 11 is 1.57. The highest BCUT2D eigenvalue weighted by molar-refractivity contribution is 7.98. The minimum atomic E-state index is -0.955. The maximum atomic E-state index is 11.1. The standard InChI is InChI=1S/C9H17NO3S/c1-3-4-8(11)10-7(9(12)13)5-6-14-2/h7H,3-6H2,1-2H3,(H,10,11)(H,12,13)/t7-/m0/s1. The molecule has 14 heavy (non-hydrogen) atoms. The largest absolute Gasteiger partial charge is 0.480 e. The summed E-state index contributed by atoms with van der Waals surface area (Å²) in [6.45, 7) is 1.89. The van der Waals surface area contributed by atoms with Crippen molar-refractivity contribution < 1.29 is 14.7 Å². The summed E-state index contributed by atoms with van der Waals surface area (Å²) in [6.07, 6.45) is 3.52. The lowest BCUT2D eigenvalue weighted by Crippen LogP contribution is -2.41. The third kappa shape index (κ3) is 5.85. The Balaban J connectivity index is 3.95. The van der Waals surface area contributed by atoms with Gasteiger partial charge in [-0.1, -0.05) is 6.92 Å². The summed E-state index contributed by atoms with van der Waals surface area (Å²) in [5.41, 5.74) is 0. The lowest BCUT2D eigenvalue weighted by molar-refractivity contribution is -0.141. The van der Waals surface area contributed by atoms with Crippen LogP contribution in [0.2, 0.25) is 0 Å². The van der Waals surface area contributed by atoms with Crippen molar-refractivity contribution in [1.29, 1.82) is 0 Å². The summed E-state index contributed by atoms with van der Waals surface area (Å²) in [4.78, 5) is 21.9. The fourth-order valence-corrected chi connectivity index (χ4v) is 1.46. The molecule has 4 nitrogen and oxygen atoms in total. The van der Waals surface area contributed by atoms with Crippen LogP contribution < -0.4 is 5.32 Å². The van der Waals surface area contributed by atoms with Crippen molar-refractivity contribution in [2.24, 2.45) is 0 Å². The van der Waals surface area contributed by atoms with Gasteiger partial charge in [-0.15, -0.1) is 0 Å². The molecule has 0 fully saturated rings. The Morgan fingerprint density at radius 2 is 2.14 bits per heavy atom. The first-order valence-electron chi connectivity index (χ1n) is 4.63. The van der Waals surface area contributed by atoms with Crippen molar-refractivity contribution in [1.82, 2.24) is 5.32 Å². The highest BCUT2D eigenvalue weighted by Crippen LogP contribution is 2.01. The number of aliphatic carboxylic acids is 1. The highest BCUT2D eigenvalue weighted by atomic mass is 32.2. The van der Waals surface area contributed by atoms with Gasteiger partial charge in [-0.3, -0.25) is 4.79 Å². The molecule has 0 saturated carbocycles. The van der Waals surface area contributed by atoms with E-state index in [1.165, 1.54) is 0 Å². The van der Waals surface area contributed by atoms with Gasteiger partial charge < -0.3 is 10.4 Å². The summed E-state index contributed by atoms with van der Waals surface area (Å²) in [5, 5.41) is 11.3. The van der Waals surface area contributed by atoms with E-state index in [2.05, 4.69) is 5.32 Å². The molecule has 0 aliphatic carbocycles. The Bertz CT molecular complexity index is 196. The lowest BCUT2D eigenvalue weighted by Gasteiger charge is -2.13. The molecule has 1 atom stereocenters. The molecule has 0 radical (unpaired) electrons. The normalized spacial score (nSPS) is 12.1. The van der Waals surface area contributed by atoms with Crippen LogP contribution in [0, 0.1) is 0 Å². The van der Waals surface area contributed by atoms with Gasteiger partial charge in [-0.05, 0) is 24.9 Å². The number of amides is 1. The second kappa shape index (κ2) is 7.67. The molecule has 0 aromatic carbocycles. The number of hydrogen-bond donors (Lipinski definition) is 2. The van der Waals surface area contributed by atoms with Crippen LogP contribution in [0.5, 0.6) is 0 Å². The molecular formula is C9H17NO3S. The Morgan fingerprint density at radius 1 is 1.50 bits per heavy atom. The molecule has 0 aliphatic heterocycles. The molecule has 0 bridgehead atoms. The highest BCUT2D eigenvalue weighted by Gasteiger charge is 2.18. The number of carboxylic acid groups (broad SMARTS) is 1. The smallest absolute Gasteiger partial charge is 0.326 e. The van der Waals surface area contributed by atoms with Crippen LogP contribution in [0.1, 0.15) is 26.2 Å². The minimum absolute atomic E-state index is 0.180. The molecule has 0 aromatic rings. The van der Waals surface area contributed by atoms with Crippen LogP contribution in [-0.2, 0) is 9.59 Å². The third-order valence-electron chi connectivity index (χ3n) is 1.72. The first-order valence-corrected chi connectivity index (χ1v) is 6.02. The fraction of sp³-hybridized carbons (Fsp3) is 0.778. The summed E-state index contributed by atoms with van der Waals surface area (Å²) in [5.74, 6) is -0.395. The van der Waals surface area contributed by atoms with Crippen molar-refractivity contribution in [2.45, 2.75) is 32.2 Å². The molecule has 0 aromatic heterocycles. The Hall–Kier alpha value is -0.710. The molecule has 0 unspecified atom stereocenters. The van der Waals surface area contributed by atoms with Gasteiger partial charge in [-0.25, -0.2) is 4.79 Å². The molecule has 5 heteroatoms. The van der Waals surface area contributed by atoms with E-state index in [1.54, 1.807) is 11.8 Å². The quantitative estimate of drug-likeness (QED) is 0.673. The summed E-state index contributed by atoms with van der Waals surface area (Å²) in [7, 11) is 0. The summed E-state index contributed by atoms with van der Waals surface area (Å²) < 4.78 is 0. The van der Waals surface area contributed by atoms with Gasteiger partial charge in [0.1, 0.15) is 6.04 Å². The number of carboxylic acids is 1. The summed E-state index contributed by atoms with van der Waals surface area (Å²) in [6, 6.07) is -0.735. The van der Waals surface area contributed by atoms with Gasteiger partial charge in [0, 0.05) is 6.42 Å². The molecular weight excluding hydrogens is 202 g/mol. The van der Waals surface area contributed by atoms with Crippen LogP contribution in [0.4, 0.5) is 0 Å². The van der Waals surface area contributed by atoms with Crippen molar-refractivity contribution in [3.63, 3.8) is 0 Å². The predicted octanol–water partition coefficient (Wildman–Crippen LogP) is 1.11. The van der Waals surface area contributed by atoms with Crippen LogP contribution in [0.25, 0.3) is 0 Å². The molecule has 0 spiro atoms. The SMILES string of the molecule is CCCC(=O)N[C@@H](CCSC)C(=O)O. The van der Waals surface area contributed by atoms with E-state index in [9.17, 15) is 9.59 Å². The third-order valence-corrected chi connectivity index (χ3v) is 2.36. The molecule has 0 heterocycles. The molecule has 1 amide bonds. The topological polar surface area (TPSA) is 66.4 Å². The van der Waals surface area contributed by atoms with Crippen LogP contribution >= 0.6 is 11.8 Å². The van der Waals surface area contributed by atoms with Gasteiger partial charge in [-0.2, -0.15) is 11.8 Å².